The van der Waals surface area contributed by atoms with E-state index in [0.29, 0.717) is 19.1 Å². The lowest BCUT2D eigenvalue weighted by atomic mass is 9.83. The van der Waals surface area contributed by atoms with Gasteiger partial charge in [-0.25, -0.2) is 13.1 Å². The molecule has 10 heteroatoms. The van der Waals surface area contributed by atoms with Gasteiger partial charge in [0.2, 0.25) is 10.0 Å². The van der Waals surface area contributed by atoms with E-state index in [1.807, 2.05) is 6.07 Å². The average Bonchev–Trinajstić information content (AvgIpc) is 3.22. The summed E-state index contributed by atoms with van der Waals surface area (Å²) in [6.07, 6.45) is 5.98. The van der Waals surface area contributed by atoms with Gasteiger partial charge in [-0.05, 0) is 42.4 Å². The maximum atomic E-state index is 12.4. The van der Waals surface area contributed by atoms with Gasteiger partial charge in [-0.2, -0.15) is 0 Å². The molecule has 0 radical (unpaired) electrons. The number of guanidine groups is 1. The number of halogens is 1. The quantitative estimate of drug-likeness (QED) is 0.155. The first-order valence-electron chi connectivity index (χ1n) is 10.5. The summed E-state index contributed by atoms with van der Waals surface area (Å²) < 4.78 is 37.5. The SMILES string of the molecule is CN=C(NCc1cccc(S(=O)(=O)NCCOC)c1)NCC1(CCOC)CCCC1.I. The number of hydrogen-bond acceptors (Lipinski definition) is 5. The molecule has 0 aliphatic heterocycles. The zero-order valence-electron chi connectivity index (χ0n) is 18.8. The van der Waals surface area contributed by atoms with E-state index in [4.69, 9.17) is 9.47 Å². The van der Waals surface area contributed by atoms with Crippen LogP contribution in [-0.2, 0) is 26.0 Å². The fourth-order valence-electron chi connectivity index (χ4n) is 3.82. The van der Waals surface area contributed by atoms with Gasteiger partial charge in [0, 0.05) is 47.5 Å². The van der Waals surface area contributed by atoms with Crippen LogP contribution in [0.2, 0.25) is 0 Å². The highest BCUT2D eigenvalue weighted by atomic mass is 127. The van der Waals surface area contributed by atoms with Crippen LogP contribution in [0.5, 0.6) is 0 Å². The Labute approximate surface area is 204 Å². The second kappa shape index (κ2) is 14.2. The van der Waals surface area contributed by atoms with E-state index >= 15 is 0 Å². The summed E-state index contributed by atoms with van der Waals surface area (Å²) in [7, 11) is 1.47. The third-order valence-corrected chi connectivity index (χ3v) is 7.08. The molecule has 0 aromatic heterocycles. The summed E-state index contributed by atoms with van der Waals surface area (Å²) in [6.45, 7) is 2.67. The van der Waals surface area contributed by atoms with Crippen molar-refractivity contribution in [1.29, 1.82) is 0 Å². The van der Waals surface area contributed by atoms with Crippen molar-refractivity contribution in [3.63, 3.8) is 0 Å². The lowest BCUT2D eigenvalue weighted by Gasteiger charge is -2.30. The molecule has 1 aromatic rings. The smallest absolute Gasteiger partial charge is 0.240 e. The Morgan fingerprint density at radius 1 is 1.13 bits per heavy atom. The second-order valence-electron chi connectivity index (χ2n) is 7.77. The van der Waals surface area contributed by atoms with E-state index in [2.05, 4.69) is 20.3 Å². The van der Waals surface area contributed by atoms with Gasteiger partial charge in [0.05, 0.1) is 11.5 Å². The highest BCUT2D eigenvalue weighted by molar-refractivity contribution is 14.0. The van der Waals surface area contributed by atoms with Crippen molar-refractivity contribution >= 4 is 40.0 Å². The Morgan fingerprint density at radius 3 is 2.48 bits per heavy atom. The van der Waals surface area contributed by atoms with Crippen molar-refractivity contribution in [2.75, 3.05) is 47.6 Å². The first-order valence-corrected chi connectivity index (χ1v) is 11.9. The molecule has 1 fully saturated rings. The van der Waals surface area contributed by atoms with E-state index < -0.39 is 10.0 Å². The molecular weight excluding hydrogens is 531 g/mol. The van der Waals surface area contributed by atoms with Crippen molar-refractivity contribution in [2.24, 2.45) is 10.4 Å². The van der Waals surface area contributed by atoms with Gasteiger partial charge in [-0.15, -0.1) is 24.0 Å². The molecule has 0 heterocycles. The van der Waals surface area contributed by atoms with Crippen LogP contribution in [0, 0.1) is 5.41 Å². The van der Waals surface area contributed by atoms with Gasteiger partial charge < -0.3 is 20.1 Å². The number of benzene rings is 1. The molecule has 0 atom stereocenters. The van der Waals surface area contributed by atoms with E-state index in [-0.39, 0.29) is 40.8 Å². The molecule has 3 N–H and O–H groups in total. The summed E-state index contributed by atoms with van der Waals surface area (Å²) >= 11 is 0. The molecule has 1 aromatic carbocycles. The predicted octanol–water partition coefficient (Wildman–Crippen LogP) is 2.49. The summed E-state index contributed by atoms with van der Waals surface area (Å²) in [5.74, 6) is 0.713. The molecule has 31 heavy (non-hydrogen) atoms. The van der Waals surface area contributed by atoms with Crippen LogP contribution >= 0.6 is 24.0 Å². The fraction of sp³-hybridized carbons (Fsp3) is 0.667. The molecular formula is C21H37IN4O4S. The number of nitrogens with zero attached hydrogens (tertiary/aromatic N) is 1. The lowest BCUT2D eigenvalue weighted by molar-refractivity contribution is 0.138. The highest BCUT2D eigenvalue weighted by Gasteiger charge is 2.33. The van der Waals surface area contributed by atoms with Crippen LogP contribution in [0.15, 0.2) is 34.2 Å². The van der Waals surface area contributed by atoms with Crippen LogP contribution in [0.25, 0.3) is 0 Å². The zero-order chi connectivity index (χ0) is 21.9. The number of rotatable bonds is 12. The van der Waals surface area contributed by atoms with E-state index in [0.717, 1.165) is 25.1 Å². The molecule has 178 valence electrons. The molecule has 2 rings (SSSR count). The molecule has 1 saturated carbocycles. The minimum Gasteiger partial charge on any atom is -0.385 e. The lowest BCUT2D eigenvalue weighted by Crippen LogP contribution is -2.43. The van der Waals surface area contributed by atoms with Gasteiger partial charge in [0.25, 0.3) is 0 Å². The normalized spacial score (nSPS) is 16.0. The van der Waals surface area contributed by atoms with Crippen LogP contribution in [0.1, 0.15) is 37.7 Å². The second-order valence-corrected chi connectivity index (χ2v) is 9.53. The third kappa shape index (κ3) is 9.21. The number of methoxy groups -OCH3 is 2. The van der Waals surface area contributed by atoms with Gasteiger partial charge in [-0.3, -0.25) is 4.99 Å². The van der Waals surface area contributed by atoms with Crippen LogP contribution in [-0.4, -0.2) is 61.9 Å². The Hall–Kier alpha value is -0.950. The van der Waals surface area contributed by atoms with Crippen LogP contribution < -0.4 is 15.4 Å². The third-order valence-electron chi connectivity index (χ3n) is 5.62. The Morgan fingerprint density at radius 2 is 1.84 bits per heavy atom. The zero-order valence-corrected chi connectivity index (χ0v) is 21.9. The Balaban J connectivity index is 0.00000480. The number of sulfonamides is 1. The van der Waals surface area contributed by atoms with Crippen molar-refractivity contribution in [2.45, 2.75) is 43.5 Å². The molecule has 0 amide bonds. The maximum absolute atomic E-state index is 12.4. The number of nitrogens with one attached hydrogen (secondary N) is 3. The summed E-state index contributed by atoms with van der Waals surface area (Å²) in [6, 6.07) is 6.90. The van der Waals surface area contributed by atoms with Gasteiger partial charge in [-0.1, -0.05) is 25.0 Å². The first-order chi connectivity index (χ1) is 14.4. The molecule has 1 aliphatic carbocycles. The van der Waals surface area contributed by atoms with E-state index in [1.165, 1.54) is 32.8 Å². The van der Waals surface area contributed by atoms with Crippen molar-refractivity contribution < 1.29 is 17.9 Å². The van der Waals surface area contributed by atoms with Gasteiger partial charge in [0.1, 0.15) is 0 Å². The van der Waals surface area contributed by atoms with Gasteiger partial charge >= 0.3 is 0 Å². The molecule has 1 aliphatic rings. The summed E-state index contributed by atoms with van der Waals surface area (Å²) in [5.41, 5.74) is 1.12. The number of ether oxygens (including phenoxy) is 2. The Kier molecular flexibility index (Phi) is 12.9. The maximum Gasteiger partial charge on any atom is 0.240 e. The van der Waals surface area contributed by atoms with E-state index in [9.17, 15) is 8.42 Å². The predicted molar refractivity (Wildman–Crippen MR) is 135 cm³/mol. The highest BCUT2D eigenvalue weighted by Crippen LogP contribution is 2.40. The summed E-state index contributed by atoms with van der Waals surface area (Å²) in [5, 5.41) is 6.74. The average molecular weight is 569 g/mol. The van der Waals surface area contributed by atoms with Crippen molar-refractivity contribution in [3.8, 4) is 0 Å². The largest absolute Gasteiger partial charge is 0.385 e. The molecule has 0 saturated heterocycles. The molecule has 8 nitrogen and oxygen atoms in total. The van der Waals surface area contributed by atoms with E-state index in [1.54, 1.807) is 32.4 Å². The minimum atomic E-state index is -3.55. The fourth-order valence-corrected chi connectivity index (χ4v) is 4.90. The van der Waals surface area contributed by atoms with Crippen LogP contribution in [0.3, 0.4) is 0 Å². The molecule has 0 bridgehead atoms. The monoisotopic (exact) mass is 568 g/mol. The standard InChI is InChI=1S/C21H36N4O4S.HI/c1-22-20(24-17-21(11-13-28-2)9-4-5-10-21)23-16-18-7-6-8-19(15-18)30(26,27)25-12-14-29-3;/h6-8,15,25H,4-5,9-14,16-17H2,1-3H3,(H2,22,23,24);1H. The molecule has 0 spiro atoms. The van der Waals surface area contributed by atoms with Crippen molar-refractivity contribution in [1.82, 2.24) is 15.4 Å². The summed E-state index contributed by atoms with van der Waals surface area (Å²) in [4.78, 5) is 4.56. The van der Waals surface area contributed by atoms with Gasteiger partial charge in [0.15, 0.2) is 5.96 Å². The topological polar surface area (TPSA) is 101 Å². The van der Waals surface area contributed by atoms with Crippen molar-refractivity contribution in [3.05, 3.63) is 29.8 Å². The minimum absolute atomic E-state index is 0. The number of hydrogen-bond donors (Lipinski definition) is 3. The van der Waals surface area contributed by atoms with Crippen LogP contribution in [0.4, 0.5) is 0 Å². The Bertz CT molecular complexity index is 783. The molecule has 0 unspecified atom stereocenters. The first kappa shape index (κ1) is 28.1. The number of aliphatic imine (C=N–C) groups is 1.